The van der Waals surface area contributed by atoms with Crippen LogP contribution in [0.1, 0.15) is 5.56 Å². The molecule has 6 heteroatoms. The SMILES string of the molecule is COc1ccc(NC(=O)C(=O)N/N=C/c2cccc3ccccc23)cc1. The summed E-state index contributed by atoms with van der Waals surface area (Å²) in [5.41, 5.74) is 3.57. The van der Waals surface area contributed by atoms with Crippen LogP contribution >= 0.6 is 0 Å². The minimum Gasteiger partial charge on any atom is -0.497 e. The molecule has 2 N–H and O–H groups in total. The fourth-order valence-electron chi connectivity index (χ4n) is 2.44. The van der Waals surface area contributed by atoms with Crippen LogP contribution in [0.25, 0.3) is 10.8 Å². The van der Waals surface area contributed by atoms with E-state index in [0.29, 0.717) is 11.4 Å². The lowest BCUT2D eigenvalue weighted by Crippen LogP contribution is -2.32. The van der Waals surface area contributed by atoms with E-state index in [-0.39, 0.29) is 0 Å². The molecule has 0 atom stereocenters. The van der Waals surface area contributed by atoms with Crippen LogP contribution in [0.15, 0.2) is 71.8 Å². The number of fused-ring (bicyclic) bond motifs is 1. The number of anilines is 1. The van der Waals surface area contributed by atoms with Gasteiger partial charge in [0.1, 0.15) is 5.75 Å². The Morgan fingerprint density at radius 1 is 0.923 bits per heavy atom. The third-order valence-electron chi connectivity index (χ3n) is 3.75. The van der Waals surface area contributed by atoms with Crippen molar-refractivity contribution in [2.75, 3.05) is 12.4 Å². The molecule has 0 saturated carbocycles. The second kappa shape index (κ2) is 7.94. The van der Waals surface area contributed by atoms with E-state index in [2.05, 4.69) is 15.8 Å². The number of amides is 2. The van der Waals surface area contributed by atoms with Crippen molar-refractivity contribution in [3.8, 4) is 5.75 Å². The molecule has 130 valence electrons. The third kappa shape index (κ3) is 4.05. The van der Waals surface area contributed by atoms with Crippen molar-refractivity contribution >= 4 is 34.5 Å². The van der Waals surface area contributed by atoms with Gasteiger partial charge in [-0.3, -0.25) is 9.59 Å². The van der Waals surface area contributed by atoms with Crippen LogP contribution in [-0.2, 0) is 9.59 Å². The van der Waals surface area contributed by atoms with E-state index < -0.39 is 11.8 Å². The average molecular weight is 347 g/mol. The van der Waals surface area contributed by atoms with Crippen molar-refractivity contribution in [1.82, 2.24) is 5.43 Å². The lowest BCUT2D eigenvalue weighted by molar-refractivity contribution is -0.136. The molecule has 0 unspecified atom stereocenters. The van der Waals surface area contributed by atoms with Gasteiger partial charge in [-0.15, -0.1) is 0 Å². The summed E-state index contributed by atoms with van der Waals surface area (Å²) >= 11 is 0. The molecular formula is C20H17N3O3. The first-order valence-corrected chi connectivity index (χ1v) is 7.93. The van der Waals surface area contributed by atoms with Gasteiger partial charge in [-0.2, -0.15) is 5.10 Å². The molecule has 0 bridgehead atoms. The van der Waals surface area contributed by atoms with Gasteiger partial charge in [-0.1, -0.05) is 42.5 Å². The zero-order chi connectivity index (χ0) is 18.4. The number of benzene rings is 3. The van der Waals surface area contributed by atoms with Gasteiger partial charge < -0.3 is 10.1 Å². The van der Waals surface area contributed by atoms with Crippen LogP contribution in [0.5, 0.6) is 5.75 Å². The first-order valence-electron chi connectivity index (χ1n) is 7.93. The molecule has 0 fully saturated rings. The molecule has 3 rings (SSSR count). The van der Waals surface area contributed by atoms with Gasteiger partial charge in [0.15, 0.2) is 0 Å². The number of hydrogen-bond acceptors (Lipinski definition) is 4. The van der Waals surface area contributed by atoms with E-state index in [1.54, 1.807) is 31.4 Å². The van der Waals surface area contributed by atoms with Crippen LogP contribution in [0, 0.1) is 0 Å². The van der Waals surface area contributed by atoms with Gasteiger partial charge >= 0.3 is 11.8 Å². The summed E-state index contributed by atoms with van der Waals surface area (Å²) in [5, 5.41) is 8.45. The number of carbonyl (C=O) groups is 2. The fourth-order valence-corrected chi connectivity index (χ4v) is 2.44. The monoisotopic (exact) mass is 347 g/mol. The summed E-state index contributed by atoms with van der Waals surface area (Å²) in [4.78, 5) is 23.8. The van der Waals surface area contributed by atoms with Gasteiger partial charge in [-0.25, -0.2) is 5.43 Å². The minimum atomic E-state index is -0.850. The molecular weight excluding hydrogens is 330 g/mol. The molecule has 0 radical (unpaired) electrons. The molecule has 6 nitrogen and oxygen atoms in total. The predicted octanol–water partition coefficient (Wildman–Crippen LogP) is 2.94. The number of nitrogens with one attached hydrogen (secondary N) is 2. The number of nitrogens with zero attached hydrogens (tertiary/aromatic N) is 1. The summed E-state index contributed by atoms with van der Waals surface area (Å²) < 4.78 is 5.04. The van der Waals surface area contributed by atoms with Crippen molar-refractivity contribution in [2.45, 2.75) is 0 Å². The Morgan fingerprint density at radius 2 is 1.65 bits per heavy atom. The van der Waals surface area contributed by atoms with E-state index in [4.69, 9.17) is 4.74 Å². The van der Waals surface area contributed by atoms with Crippen LogP contribution in [0.4, 0.5) is 5.69 Å². The van der Waals surface area contributed by atoms with Crippen LogP contribution in [0.3, 0.4) is 0 Å². The molecule has 0 aliphatic carbocycles. The molecule has 0 heterocycles. The standard InChI is InChI=1S/C20H17N3O3/c1-26-17-11-9-16(10-12-17)22-19(24)20(25)23-21-13-15-7-4-6-14-5-2-3-8-18(14)15/h2-13H,1H3,(H,22,24)(H,23,25)/b21-13+. The predicted molar refractivity (Wildman–Crippen MR) is 101 cm³/mol. The largest absolute Gasteiger partial charge is 0.497 e. The highest BCUT2D eigenvalue weighted by atomic mass is 16.5. The first kappa shape index (κ1) is 17.2. The molecule has 0 aliphatic heterocycles. The Balaban J connectivity index is 1.62. The summed E-state index contributed by atoms with van der Waals surface area (Å²) in [6, 6.07) is 20.3. The molecule has 3 aromatic rings. The van der Waals surface area contributed by atoms with Crippen molar-refractivity contribution in [2.24, 2.45) is 5.10 Å². The van der Waals surface area contributed by atoms with E-state index in [0.717, 1.165) is 16.3 Å². The fraction of sp³-hybridized carbons (Fsp3) is 0.0500. The zero-order valence-electron chi connectivity index (χ0n) is 14.1. The summed E-state index contributed by atoms with van der Waals surface area (Å²) in [6.45, 7) is 0. The van der Waals surface area contributed by atoms with E-state index >= 15 is 0 Å². The Hall–Kier alpha value is -3.67. The topological polar surface area (TPSA) is 79.8 Å². The van der Waals surface area contributed by atoms with Crippen molar-refractivity contribution in [3.05, 3.63) is 72.3 Å². The third-order valence-corrected chi connectivity index (χ3v) is 3.75. The molecule has 26 heavy (non-hydrogen) atoms. The second-order valence-corrected chi connectivity index (χ2v) is 5.45. The van der Waals surface area contributed by atoms with Gasteiger partial charge in [0, 0.05) is 11.3 Å². The molecule has 2 amide bonds. The maximum atomic E-state index is 11.9. The Bertz CT molecular complexity index is 960. The quantitative estimate of drug-likeness (QED) is 0.433. The van der Waals surface area contributed by atoms with Gasteiger partial charge in [0.25, 0.3) is 0 Å². The van der Waals surface area contributed by atoms with Crippen LogP contribution in [-0.4, -0.2) is 25.1 Å². The molecule has 0 saturated heterocycles. The molecule has 0 aliphatic rings. The van der Waals surface area contributed by atoms with E-state index in [9.17, 15) is 9.59 Å². The maximum Gasteiger partial charge on any atom is 0.329 e. The van der Waals surface area contributed by atoms with Gasteiger partial charge in [0.2, 0.25) is 0 Å². The normalized spacial score (nSPS) is 10.7. The van der Waals surface area contributed by atoms with E-state index in [1.165, 1.54) is 6.21 Å². The summed E-state index contributed by atoms with van der Waals surface area (Å²) in [7, 11) is 1.55. The number of hydrogen-bond donors (Lipinski definition) is 2. The van der Waals surface area contributed by atoms with Crippen molar-refractivity contribution in [3.63, 3.8) is 0 Å². The second-order valence-electron chi connectivity index (χ2n) is 5.45. The van der Waals surface area contributed by atoms with Crippen molar-refractivity contribution < 1.29 is 14.3 Å². The summed E-state index contributed by atoms with van der Waals surface area (Å²) in [6.07, 6.45) is 1.51. The number of rotatable bonds is 4. The smallest absolute Gasteiger partial charge is 0.329 e. The highest BCUT2D eigenvalue weighted by molar-refractivity contribution is 6.39. The zero-order valence-corrected chi connectivity index (χ0v) is 14.1. The van der Waals surface area contributed by atoms with Gasteiger partial charge in [-0.05, 0) is 35.0 Å². The van der Waals surface area contributed by atoms with Crippen molar-refractivity contribution in [1.29, 1.82) is 0 Å². The Morgan fingerprint density at radius 3 is 2.42 bits per heavy atom. The summed E-state index contributed by atoms with van der Waals surface area (Å²) in [5.74, 6) is -0.991. The number of hydrazone groups is 1. The number of carbonyl (C=O) groups excluding carboxylic acids is 2. The van der Waals surface area contributed by atoms with Gasteiger partial charge in [0.05, 0.1) is 13.3 Å². The average Bonchev–Trinajstić information content (AvgIpc) is 2.68. The lowest BCUT2D eigenvalue weighted by atomic mass is 10.1. The van der Waals surface area contributed by atoms with Crippen LogP contribution < -0.4 is 15.5 Å². The maximum absolute atomic E-state index is 11.9. The molecule has 3 aromatic carbocycles. The lowest BCUT2D eigenvalue weighted by Gasteiger charge is -2.05. The highest BCUT2D eigenvalue weighted by Gasteiger charge is 2.12. The Labute approximate surface area is 150 Å². The van der Waals surface area contributed by atoms with Crippen LogP contribution in [0.2, 0.25) is 0 Å². The number of ether oxygens (including phenoxy) is 1. The molecule has 0 aromatic heterocycles. The highest BCUT2D eigenvalue weighted by Crippen LogP contribution is 2.17. The Kier molecular flexibility index (Phi) is 5.24. The first-order chi connectivity index (χ1) is 12.7. The number of methoxy groups -OCH3 is 1. The van der Waals surface area contributed by atoms with E-state index in [1.807, 2.05) is 42.5 Å². The minimum absolute atomic E-state index is 0.490. The molecule has 0 spiro atoms.